The molecule has 0 radical (unpaired) electrons. The molecule has 0 aromatic rings. The summed E-state index contributed by atoms with van der Waals surface area (Å²) >= 11 is 0. The van der Waals surface area contributed by atoms with Gasteiger partial charge in [0.1, 0.15) is 19.1 Å². The average Bonchev–Trinajstić information content (AvgIpc) is 3.18. The summed E-state index contributed by atoms with van der Waals surface area (Å²) in [7, 11) is 0. The molecule has 1 aliphatic heterocycles. The first-order valence-corrected chi connectivity index (χ1v) is 6.56. The predicted octanol–water partition coefficient (Wildman–Crippen LogP) is -0.608. The van der Waals surface area contributed by atoms with Crippen LogP contribution in [-0.2, 0) is 14.4 Å². The molecule has 1 saturated carbocycles. The molecule has 0 bridgehead atoms. The highest BCUT2D eigenvalue weighted by molar-refractivity contribution is 6.04. The van der Waals surface area contributed by atoms with Gasteiger partial charge in [-0.3, -0.25) is 19.7 Å². The van der Waals surface area contributed by atoms with E-state index in [4.69, 9.17) is 5.11 Å². The van der Waals surface area contributed by atoms with Crippen LogP contribution < -0.4 is 5.32 Å². The number of hydrogen-bond donors (Lipinski definition) is 2. The fraction of sp³-hybridized carbons (Fsp3) is 0.667. The Morgan fingerprint density at radius 1 is 1.40 bits per heavy atom. The number of nitrogens with zero attached hydrogens (tertiary/aromatic N) is 2. The molecule has 0 aromatic carbocycles. The molecule has 2 fully saturated rings. The second-order valence-electron chi connectivity index (χ2n) is 5.00. The first-order valence-electron chi connectivity index (χ1n) is 6.56. The highest BCUT2D eigenvalue weighted by Gasteiger charge is 2.42. The molecule has 0 aromatic heterocycles. The Hall–Kier alpha value is -2.12. The van der Waals surface area contributed by atoms with E-state index in [1.807, 2.05) is 0 Å². The third-order valence-corrected chi connectivity index (χ3v) is 3.43. The zero-order valence-electron chi connectivity index (χ0n) is 11.2. The molecule has 110 valence electrons. The standard InChI is InChI=1S/C12H17N3O5/c1-2-8-11(19)13-9(16)5-15(8)12(20)14(6-10(17)18)7-3-4-7/h7-8H,2-6H2,1H3,(H,17,18)(H,13,16,19). The molecule has 1 saturated heterocycles. The summed E-state index contributed by atoms with van der Waals surface area (Å²) in [6, 6.07) is -1.38. The zero-order valence-corrected chi connectivity index (χ0v) is 11.2. The van der Waals surface area contributed by atoms with Crippen molar-refractivity contribution in [3.05, 3.63) is 0 Å². The Bertz CT molecular complexity index is 460. The second kappa shape index (κ2) is 5.48. The number of rotatable bonds is 4. The lowest BCUT2D eigenvalue weighted by Crippen LogP contribution is -2.62. The van der Waals surface area contributed by atoms with Crippen LogP contribution in [-0.4, -0.2) is 63.9 Å². The third-order valence-electron chi connectivity index (χ3n) is 3.43. The molecular formula is C12H17N3O5. The van der Waals surface area contributed by atoms with Crippen molar-refractivity contribution < 1.29 is 24.3 Å². The second-order valence-corrected chi connectivity index (χ2v) is 5.00. The van der Waals surface area contributed by atoms with Gasteiger partial charge >= 0.3 is 12.0 Å². The SMILES string of the molecule is CCC1C(=O)NC(=O)CN1C(=O)N(CC(=O)O)C1CC1. The van der Waals surface area contributed by atoms with Crippen LogP contribution in [0.1, 0.15) is 26.2 Å². The summed E-state index contributed by atoms with van der Waals surface area (Å²) in [5.41, 5.74) is 0. The minimum atomic E-state index is -1.11. The van der Waals surface area contributed by atoms with Gasteiger partial charge in [0.25, 0.3) is 0 Å². The van der Waals surface area contributed by atoms with Gasteiger partial charge in [0, 0.05) is 6.04 Å². The lowest BCUT2D eigenvalue weighted by molar-refractivity contribution is -0.139. The predicted molar refractivity (Wildman–Crippen MR) is 66.7 cm³/mol. The van der Waals surface area contributed by atoms with E-state index < -0.39 is 36.4 Å². The van der Waals surface area contributed by atoms with Crippen molar-refractivity contribution in [2.45, 2.75) is 38.3 Å². The number of carboxylic acid groups (broad SMARTS) is 1. The molecule has 2 aliphatic rings. The highest BCUT2D eigenvalue weighted by atomic mass is 16.4. The maximum atomic E-state index is 12.4. The van der Waals surface area contributed by atoms with Crippen molar-refractivity contribution in [3.8, 4) is 0 Å². The summed E-state index contributed by atoms with van der Waals surface area (Å²) in [5.74, 6) is -2.16. The van der Waals surface area contributed by atoms with Gasteiger partial charge in [-0.05, 0) is 19.3 Å². The molecule has 8 nitrogen and oxygen atoms in total. The first kappa shape index (κ1) is 14.3. The smallest absolute Gasteiger partial charge is 0.323 e. The van der Waals surface area contributed by atoms with Gasteiger partial charge in [-0.25, -0.2) is 4.79 Å². The number of piperazine rings is 1. The van der Waals surface area contributed by atoms with E-state index in [1.165, 1.54) is 9.80 Å². The van der Waals surface area contributed by atoms with Gasteiger partial charge in [0.05, 0.1) is 0 Å². The van der Waals surface area contributed by atoms with E-state index in [0.717, 1.165) is 12.8 Å². The Labute approximate surface area is 115 Å². The number of hydrogen-bond acceptors (Lipinski definition) is 4. The number of nitrogens with one attached hydrogen (secondary N) is 1. The number of carbonyl (C=O) groups excluding carboxylic acids is 3. The fourth-order valence-corrected chi connectivity index (χ4v) is 2.32. The van der Waals surface area contributed by atoms with Gasteiger partial charge in [-0.2, -0.15) is 0 Å². The van der Waals surface area contributed by atoms with Gasteiger partial charge in [0.15, 0.2) is 0 Å². The van der Waals surface area contributed by atoms with Crippen LogP contribution in [0, 0.1) is 0 Å². The van der Waals surface area contributed by atoms with E-state index >= 15 is 0 Å². The van der Waals surface area contributed by atoms with E-state index in [1.54, 1.807) is 6.92 Å². The summed E-state index contributed by atoms with van der Waals surface area (Å²) in [4.78, 5) is 48.8. The van der Waals surface area contributed by atoms with E-state index in [9.17, 15) is 19.2 Å². The summed E-state index contributed by atoms with van der Waals surface area (Å²) in [5, 5.41) is 11.1. The molecule has 0 spiro atoms. The molecule has 2 N–H and O–H groups in total. The van der Waals surface area contributed by atoms with Crippen LogP contribution in [0.4, 0.5) is 4.79 Å². The lowest BCUT2D eigenvalue weighted by atomic mass is 10.1. The minimum absolute atomic E-state index is 0.101. The molecule has 1 aliphatic carbocycles. The Balaban J connectivity index is 2.17. The Morgan fingerprint density at radius 2 is 2.05 bits per heavy atom. The number of carboxylic acids is 1. The van der Waals surface area contributed by atoms with Crippen molar-refractivity contribution in [3.63, 3.8) is 0 Å². The van der Waals surface area contributed by atoms with E-state index in [0.29, 0.717) is 6.42 Å². The summed E-state index contributed by atoms with van der Waals surface area (Å²) < 4.78 is 0. The average molecular weight is 283 g/mol. The largest absolute Gasteiger partial charge is 0.480 e. The number of aliphatic carboxylic acids is 1. The van der Waals surface area contributed by atoms with Gasteiger partial charge in [-0.15, -0.1) is 0 Å². The molecule has 1 unspecified atom stereocenters. The maximum Gasteiger partial charge on any atom is 0.323 e. The monoisotopic (exact) mass is 283 g/mol. The van der Waals surface area contributed by atoms with Crippen molar-refractivity contribution in [1.82, 2.24) is 15.1 Å². The van der Waals surface area contributed by atoms with Gasteiger partial charge < -0.3 is 14.9 Å². The molecule has 1 heterocycles. The third kappa shape index (κ3) is 2.89. The van der Waals surface area contributed by atoms with Crippen molar-refractivity contribution in [1.29, 1.82) is 0 Å². The van der Waals surface area contributed by atoms with Crippen LogP contribution in [0.5, 0.6) is 0 Å². The minimum Gasteiger partial charge on any atom is -0.480 e. The van der Waals surface area contributed by atoms with Crippen LogP contribution >= 0.6 is 0 Å². The summed E-state index contributed by atoms with van der Waals surface area (Å²) in [6.45, 7) is 1.11. The van der Waals surface area contributed by atoms with Gasteiger partial charge in [0.2, 0.25) is 11.8 Å². The molecule has 4 amide bonds. The quantitative estimate of drug-likeness (QED) is 0.669. The maximum absolute atomic E-state index is 12.4. The van der Waals surface area contributed by atoms with Crippen molar-refractivity contribution in [2.24, 2.45) is 0 Å². The number of carbonyl (C=O) groups is 4. The fourth-order valence-electron chi connectivity index (χ4n) is 2.32. The van der Waals surface area contributed by atoms with Crippen LogP contribution in [0.3, 0.4) is 0 Å². The Morgan fingerprint density at radius 3 is 2.55 bits per heavy atom. The van der Waals surface area contributed by atoms with Crippen LogP contribution in [0.2, 0.25) is 0 Å². The molecule has 1 atom stereocenters. The van der Waals surface area contributed by atoms with Crippen LogP contribution in [0.15, 0.2) is 0 Å². The lowest BCUT2D eigenvalue weighted by Gasteiger charge is -2.36. The molecule has 8 heteroatoms. The highest BCUT2D eigenvalue weighted by Crippen LogP contribution is 2.28. The molecule has 20 heavy (non-hydrogen) atoms. The topological polar surface area (TPSA) is 107 Å². The number of amides is 4. The molecule has 2 rings (SSSR count). The summed E-state index contributed by atoms with van der Waals surface area (Å²) in [6.07, 6.45) is 1.88. The number of urea groups is 1. The van der Waals surface area contributed by atoms with E-state index in [-0.39, 0.29) is 12.6 Å². The van der Waals surface area contributed by atoms with E-state index in [2.05, 4.69) is 5.32 Å². The normalized spacial score (nSPS) is 22.4. The number of imide groups is 1. The van der Waals surface area contributed by atoms with Crippen molar-refractivity contribution >= 4 is 23.8 Å². The van der Waals surface area contributed by atoms with Crippen molar-refractivity contribution in [2.75, 3.05) is 13.1 Å². The zero-order chi connectivity index (χ0) is 14.9. The Kier molecular flexibility index (Phi) is 3.91. The molecular weight excluding hydrogens is 266 g/mol. The van der Waals surface area contributed by atoms with Crippen LogP contribution in [0.25, 0.3) is 0 Å². The first-order chi connectivity index (χ1) is 9.43. The van der Waals surface area contributed by atoms with Gasteiger partial charge in [-0.1, -0.05) is 6.92 Å².